The Balaban J connectivity index is 2.18. The number of halogens is 1. The maximum Gasteiger partial charge on any atom is 0.123 e. The van der Waals surface area contributed by atoms with Crippen molar-refractivity contribution in [2.45, 2.75) is 33.1 Å². The Morgan fingerprint density at radius 1 is 1.09 bits per heavy atom. The molecule has 2 heterocycles. The number of aryl methyl sites for hydroxylation is 1. The zero-order valence-electron chi connectivity index (χ0n) is 13.1. The topological polar surface area (TPSA) is 12.9 Å². The highest BCUT2D eigenvalue weighted by Crippen LogP contribution is 2.42. The second-order valence-electron chi connectivity index (χ2n) is 6.44. The Labute approximate surface area is 138 Å². The Bertz CT molecular complexity index is 791. The van der Waals surface area contributed by atoms with Crippen molar-refractivity contribution in [1.82, 2.24) is 4.98 Å². The second kappa shape index (κ2) is 5.60. The van der Waals surface area contributed by atoms with Crippen LogP contribution in [0.3, 0.4) is 0 Å². The number of thiazole rings is 1. The van der Waals surface area contributed by atoms with Gasteiger partial charge < -0.3 is 0 Å². The number of nitrogens with zero attached hydrogens (tertiary/aromatic N) is 1. The van der Waals surface area contributed by atoms with Crippen LogP contribution in [0.15, 0.2) is 35.7 Å². The van der Waals surface area contributed by atoms with E-state index >= 15 is 0 Å². The van der Waals surface area contributed by atoms with Gasteiger partial charge in [-0.2, -0.15) is 0 Å². The molecule has 2 aromatic heterocycles. The van der Waals surface area contributed by atoms with Crippen molar-refractivity contribution < 1.29 is 4.39 Å². The van der Waals surface area contributed by atoms with Crippen LogP contribution in [0.5, 0.6) is 0 Å². The standard InChI is InChI=1S/C18H18FNS2/c1-11-9-14(21-10-11)16-15(12-5-7-13(19)8-6-12)20-17(22-16)18(2,3)4/h5-10H,1-4H3. The van der Waals surface area contributed by atoms with Gasteiger partial charge in [0.2, 0.25) is 0 Å². The minimum atomic E-state index is -0.219. The van der Waals surface area contributed by atoms with E-state index < -0.39 is 0 Å². The van der Waals surface area contributed by atoms with Gasteiger partial charge in [-0.3, -0.25) is 0 Å². The van der Waals surface area contributed by atoms with Crippen LogP contribution in [0, 0.1) is 12.7 Å². The van der Waals surface area contributed by atoms with Crippen LogP contribution in [0.4, 0.5) is 4.39 Å². The molecule has 0 radical (unpaired) electrons. The lowest BCUT2D eigenvalue weighted by atomic mass is 9.98. The number of hydrogen-bond acceptors (Lipinski definition) is 3. The van der Waals surface area contributed by atoms with E-state index in [2.05, 4.69) is 39.1 Å². The average Bonchev–Trinajstić information content (AvgIpc) is 3.05. The van der Waals surface area contributed by atoms with Crippen molar-refractivity contribution >= 4 is 22.7 Å². The number of thiophene rings is 1. The van der Waals surface area contributed by atoms with Gasteiger partial charge in [0.15, 0.2) is 0 Å². The van der Waals surface area contributed by atoms with Crippen molar-refractivity contribution in [3.05, 3.63) is 52.1 Å². The molecule has 0 amide bonds. The summed E-state index contributed by atoms with van der Waals surface area (Å²) in [6.07, 6.45) is 0. The summed E-state index contributed by atoms with van der Waals surface area (Å²) < 4.78 is 13.2. The molecule has 0 unspecified atom stereocenters. The highest BCUT2D eigenvalue weighted by molar-refractivity contribution is 7.21. The molecule has 0 bridgehead atoms. The van der Waals surface area contributed by atoms with Gasteiger partial charge in [0.1, 0.15) is 5.82 Å². The predicted molar refractivity (Wildman–Crippen MR) is 94.3 cm³/mol. The first-order valence-electron chi connectivity index (χ1n) is 7.17. The molecule has 3 rings (SSSR count). The summed E-state index contributed by atoms with van der Waals surface area (Å²) in [5.41, 5.74) is 3.19. The monoisotopic (exact) mass is 331 g/mol. The van der Waals surface area contributed by atoms with Gasteiger partial charge >= 0.3 is 0 Å². The smallest absolute Gasteiger partial charge is 0.123 e. The van der Waals surface area contributed by atoms with Crippen LogP contribution in [0.1, 0.15) is 31.3 Å². The van der Waals surface area contributed by atoms with E-state index in [0.717, 1.165) is 16.3 Å². The van der Waals surface area contributed by atoms with Crippen LogP contribution < -0.4 is 0 Å². The summed E-state index contributed by atoms with van der Waals surface area (Å²) in [6, 6.07) is 8.79. The zero-order chi connectivity index (χ0) is 15.9. The largest absolute Gasteiger partial charge is 0.240 e. The number of rotatable bonds is 2. The maximum atomic E-state index is 13.2. The van der Waals surface area contributed by atoms with Gasteiger partial charge in [-0.05, 0) is 48.2 Å². The fourth-order valence-electron chi connectivity index (χ4n) is 2.16. The van der Waals surface area contributed by atoms with Crippen LogP contribution in [0.25, 0.3) is 21.0 Å². The minimum absolute atomic E-state index is 0.00397. The minimum Gasteiger partial charge on any atom is -0.240 e. The Kier molecular flexibility index (Phi) is 3.91. The molecule has 1 aromatic carbocycles. The molecule has 0 atom stereocenters. The molecule has 0 saturated carbocycles. The van der Waals surface area contributed by atoms with Crippen LogP contribution in [-0.2, 0) is 5.41 Å². The molecular weight excluding hydrogens is 313 g/mol. The molecule has 4 heteroatoms. The van der Waals surface area contributed by atoms with Gasteiger partial charge in [-0.15, -0.1) is 22.7 Å². The molecule has 22 heavy (non-hydrogen) atoms. The highest BCUT2D eigenvalue weighted by Gasteiger charge is 2.23. The SMILES string of the molecule is Cc1csc(-c2sc(C(C)(C)C)nc2-c2ccc(F)cc2)c1. The number of aromatic nitrogens is 1. The molecule has 0 fully saturated rings. The Hall–Kier alpha value is -1.52. The van der Waals surface area contributed by atoms with E-state index in [1.165, 1.54) is 27.5 Å². The lowest BCUT2D eigenvalue weighted by molar-refractivity contribution is 0.586. The first-order chi connectivity index (χ1) is 10.3. The molecular formula is C18H18FNS2. The first-order valence-corrected chi connectivity index (χ1v) is 8.87. The van der Waals surface area contributed by atoms with Crippen LogP contribution in [0.2, 0.25) is 0 Å². The van der Waals surface area contributed by atoms with Gasteiger partial charge in [0.25, 0.3) is 0 Å². The van der Waals surface area contributed by atoms with E-state index in [1.54, 1.807) is 34.8 Å². The summed E-state index contributed by atoms with van der Waals surface area (Å²) in [5, 5.41) is 3.26. The van der Waals surface area contributed by atoms with E-state index in [9.17, 15) is 4.39 Å². The zero-order valence-corrected chi connectivity index (χ0v) is 14.7. The van der Waals surface area contributed by atoms with Gasteiger partial charge in [-0.25, -0.2) is 9.37 Å². The van der Waals surface area contributed by atoms with Crippen molar-refractivity contribution in [2.24, 2.45) is 0 Å². The molecule has 0 N–H and O–H groups in total. The molecule has 0 aliphatic carbocycles. The summed E-state index contributed by atoms with van der Waals surface area (Å²) in [7, 11) is 0. The number of benzene rings is 1. The third-order valence-electron chi connectivity index (χ3n) is 3.34. The first kappa shape index (κ1) is 15.4. The van der Waals surface area contributed by atoms with Gasteiger partial charge in [0, 0.05) is 15.9 Å². The van der Waals surface area contributed by atoms with Crippen molar-refractivity contribution in [3.8, 4) is 21.0 Å². The van der Waals surface area contributed by atoms with E-state index in [4.69, 9.17) is 4.98 Å². The third kappa shape index (κ3) is 2.99. The fourth-order valence-corrected chi connectivity index (χ4v) is 4.33. The van der Waals surface area contributed by atoms with Crippen LogP contribution in [-0.4, -0.2) is 4.98 Å². The normalized spacial score (nSPS) is 11.9. The molecule has 1 nitrogen and oxygen atoms in total. The molecule has 0 aliphatic heterocycles. The van der Waals surface area contributed by atoms with E-state index in [1.807, 2.05) is 0 Å². The summed E-state index contributed by atoms with van der Waals surface area (Å²) in [6.45, 7) is 8.61. The summed E-state index contributed by atoms with van der Waals surface area (Å²) in [5.74, 6) is -0.219. The predicted octanol–water partition coefficient (Wildman–Crippen LogP) is 6.28. The van der Waals surface area contributed by atoms with Gasteiger partial charge in [0.05, 0.1) is 15.6 Å². The fraction of sp³-hybridized carbons (Fsp3) is 0.278. The Morgan fingerprint density at radius 3 is 2.32 bits per heavy atom. The van der Waals surface area contributed by atoms with Crippen LogP contribution >= 0.6 is 22.7 Å². The maximum absolute atomic E-state index is 13.2. The highest BCUT2D eigenvalue weighted by atomic mass is 32.1. The molecule has 0 aliphatic rings. The Morgan fingerprint density at radius 2 is 1.77 bits per heavy atom. The summed E-state index contributed by atoms with van der Waals surface area (Å²) in [4.78, 5) is 7.27. The average molecular weight is 331 g/mol. The quantitative estimate of drug-likeness (QED) is 0.538. The van der Waals surface area contributed by atoms with Crippen molar-refractivity contribution in [1.29, 1.82) is 0 Å². The van der Waals surface area contributed by atoms with E-state index in [-0.39, 0.29) is 11.2 Å². The molecule has 114 valence electrons. The van der Waals surface area contributed by atoms with Gasteiger partial charge in [-0.1, -0.05) is 20.8 Å². The molecule has 0 spiro atoms. The molecule has 0 saturated heterocycles. The lowest BCUT2D eigenvalue weighted by Crippen LogP contribution is -2.10. The van der Waals surface area contributed by atoms with E-state index in [0.29, 0.717) is 0 Å². The summed E-state index contributed by atoms with van der Waals surface area (Å²) >= 11 is 3.47. The molecule has 3 aromatic rings. The second-order valence-corrected chi connectivity index (χ2v) is 8.35. The van der Waals surface area contributed by atoms with Crippen molar-refractivity contribution in [3.63, 3.8) is 0 Å². The third-order valence-corrected chi connectivity index (χ3v) is 6.05. The lowest BCUT2D eigenvalue weighted by Gasteiger charge is -2.13. The van der Waals surface area contributed by atoms with Crippen molar-refractivity contribution in [2.75, 3.05) is 0 Å². The number of hydrogen-bond donors (Lipinski definition) is 0.